The predicted molar refractivity (Wildman–Crippen MR) is 89.6 cm³/mol. The largest absolute Gasteiger partial charge is 0.491 e. The van der Waals surface area contributed by atoms with Crippen molar-refractivity contribution in [3.05, 3.63) is 54.1 Å². The van der Waals surface area contributed by atoms with Crippen LogP contribution in [0.25, 0.3) is 11.1 Å². The molecule has 0 saturated heterocycles. The van der Waals surface area contributed by atoms with Crippen LogP contribution in [-0.4, -0.2) is 29.8 Å². The lowest BCUT2D eigenvalue weighted by Gasteiger charge is -2.11. The summed E-state index contributed by atoms with van der Waals surface area (Å²) in [4.78, 5) is 9.66. The van der Waals surface area contributed by atoms with Crippen LogP contribution >= 0.6 is 7.60 Å². The average molecular weight is 336 g/mol. The summed E-state index contributed by atoms with van der Waals surface area (Å²) in [7, 11) is -3.56. The first-order valence-corrected chi connectivity index (χ1v) is 9.20. The molecule has 6 heteroatoms. The molecule has 2 aromatic rings. The van der Waals surface area contributed by atoms with Crippen LogP contribution in [0.2, 0.25) is 0 Å². The quantitative estimate of drug-likeness (QED) is 0.722. The van der Waals surface area contributed by atoms with Gasteiger partial charge in [0.1, 0.15) is 12.4 Å². The molecule has 0 bridgehead atoms. The Morgan fingerprint density at radius 3 is 2.09 bits per heavy atom. The van der Waals surface area contributed by atoms with Gasteiger partial charge in [-0.3, -0.25) is 4.57 Å². The summed E-state index contributed by atoms with van der Waals surface area (Å²) >= 11 is 0. The van der Waals surface area contributed by atoms with Gasteiger partial charge in [0, 0.05) is 0 Å². The normalized spacial score (nSPS) is 13.5. The molecule has 0 aliphatic heterocycles. The van der Waals surface area contributed by atoms with E-state index in [1.54, 1.807) is 6.92 Å². The summed E-state index contributed by atoms with van der Waals surface area (Å²) < 4.78 is 22.0. The zero-order valence-electron chi connectivity index (χ0n) is 13.0. The molecule has 0 amide bonds. The molecule has 0 radical (unpaired) electrons. The van der Waals surface area contributed by atoms with Crippen LogP contribution in [0.1, 0.15) is 12.5 Å². The first-order valence-electron chi connectivity index (χ1n) is 7.43. The monoisotopic (exact) mass is 336 g/mol. The summed E-state index contributed by atoms with van der Waals surface area (Å²) in [5, 5.41) is 8.73. The summed E-state index contributed by atoms with van der Waals surface area (Å²) in [6.07, 6.45) is 0.00899. The minimum absolute atomic E-state index is 0.00899. The van der Waals surface area contributed by atoms with Crippen molar-refractivity contribution in [3.8, 4) is 16.9 Å². The van der Waals surface area contributed by atoms with Crippen LogP contribution in [0.15, 0.2) is 48.5 Å². The standard InChI is InChI=1S/C17H21O5P/c1-2-22-23(19,20)13-14-3-5-15(6-4-14)16-7-9-17(10-8-16)21-12-11-18/h3-10,18H,2,11-13H2,1H3,(H,19,20). The van der Waals surface area contributed by atoms with Gasteiger partial charge < -0.3 is 19.3 Å². The number of hydrogen-bond acceptors (Lipinski definition) is 4. The Kier molecular flexibility index (Phi) is 6.37. The van der Waals surface area contributed by atoms with Crippen molar-refractivity contribution >= 4 is 7.60 Å². The van der Waals surface area contributed by atoms with Gasteiger partial charge in [-0.15, -0.1) is 0 Å². The van der Waals surface area contributed by atoms with Gasteiger partial charge in [-0.2, -0.15) is 0 Å². The maximum atomic E-state index is 11.8. The Morgan fingerprint density at radius 2 is 1.57 bits per heavy atom. The molecule has 0 aliphatic rings. The molecular formula is C17H21O5P. The molecule has 0 fully saturated rings. The summed E-state index contributed by atoms with van der Waals surface area (Å²) in [5.74, 6) is 0.706. The molecule has 2 aromatic carbocycles. The molecular weight excluding hydrogens is 315 g/mol. The molecule has 23 heavy (non-hydrogen) atoms. The van der Waals surface area contributed by atoms with E-state index in [-0.39, 0.29) is 26.0 Å². The smallest absolute Gasteiger partial charge is 0.332 e. The highest BCUT2D eigenvalue weighted by Gasteiger charge is 2.18. The number of aliphatic hydroxyl groups excluding tert-OH is 1. The molecule has 124 valence electrons. The first kappa shape index (κ1) is 17.7. The Hall–Kier alpha value is -1.65. The minimum atomic E-state index is -3.56. The van der Waals surface area contributed by atoms with Crippen molar-refractivity contribution in [1.29, 1.82) is 0 Å². The van der Waals surface area contributed by atoms with Crippen molar-refractivity contribution in [2.24, 2.45) is 0 Å². The number of aliphatic hydroxyl groups is 1. The average Bonchev–Trinajstić information content (AvgIpc) is 2.54. The summed E-state index contributed by atoms with van der Waals surface area (Å²) in [6, 6.07) is 15.0. The van der Waals surface area contributed by atoms with E-state index in [0.717, 1.165) is 16.7 Å². The zero-order valence-corrected chi connectivity index (χ0v) is 13.9. The number of hydrogen-bond donors (Lipinski definition) is 2. The molecule has 0 heterocycles. The van der Waals surface area contributed by atoms with E-state index in [2.05, 4.69) is 0 Å². The lowest BCUT2D eigenvalue weighted by Crippen LogP contribution is -2.01. The molecule has 0 saturated carbocycles. The van der Waals surface area contributed by atoms with E-state index < -0.39 is 7.60 Å². The van der Waals surface area contributed by atoms with E-state index in [9.17, 15) is 9.46 Å². The van der Waals surface area contributed by atoms with E-state index in [0.29, 0.717) is 5.75 Å². The summed E-state index contributed by atoms with van der Waals surface area (Å²) in [5.41, 5.74) is 2.78. The van der Waals surface area contributed by atoms with Gasteiger partial charge in [-0.25, -0.2) is 0 Å². The molecule has 1 unspecified atom stereocenters. The van der Waals surface area contributed by atoms with E-state index >= 15 is 0 Å². The third kappa shape index (κ3) is 5.48. The van der Waals surface area contributed by atoms with Crippen LogP contribution in [0.3, 0.4) is 0 Å². The fraction of sp³-hybridized carbons (Fsp3) is 0.294. The number of rotatable bonds is 8. The lowest BCUT2D eigenvalue weighted by atomic mass is 10.0. The van der Waals surface area contributed by atoms with Gasteiger partial charge in [-0.1, -0.05) is 36.4 Å². The molecule has 2 N–H and O–H groups in total. The van der Waals surface area contributed by atoms with E-state index in [4.69, 9.17) is 14.4 Å². The van der Waals surface area contributed by atoms with Gasteiger partial charge in [0.2, 0.25) is 0 Å². The third-order valence-electron chi connectivity index (χ3n) is 3.21. The van der Waals surface area contributed by atoms with E-state index in [1.807, 2.05) is 48.5 Å². The molecule has 0 aliphatic carbocycles. The second-order valence-electron chi connectivity index (χ2n) is 5.01. The van der Waals surface area contributed by atoms with Gasteiger partial charge in [0.05, 0.1) is 19.4 Å². The fourth-order valence-electron chi connectivity index (χ4n) is 2.19. The van der Waals surface area contributed by atoms with Crippen LogP contribution in [0.5, 0.6) is 5.75 Å². The second-order valence-corrected chi connectivity index (χ2v) is 6.86. The highest BCUT2D eigenvalue weighted by molar-refractivity contribution is 7.51. The topological polar surface area (TPSA) is 76.0 Å². The zero-order chi connectivity index (χ0) is 16.7. The van der Waals surface area contributed by atoms with Crippen LogP contribution in [0.4, 0.5) is 0 Å². The second kappa shape index (κ2) is 8.27. The molecule has 2 rings (SSSR count). The Morgan fingerprint density at radius 1 is 1.00 bits per heavy atom. The SMILES string of the molecule is CCOP(=O)(O)Cc1ccc(-c2ccc(OCCO)cc2)cc1. The number of ether oxygens (including phenoxy) is 1. The molecule has 5 nitrogen and oxygen atoms in total. The maximum absolute atomic E-state index is 11.8. The Balaban J connectivity index is 2.05. The van der Waals surface area contributed by atoms with E-state index in [1.165, 1.54) is 0 Å². The predicted octanol–water partition coefficient (Wildman–Crippen LogP) is 3.45. The van der Waals surface area contributed by atoms with Crippen molar-refractivity contribution in [1.82, 2.24) is 0 Å². The van der Waals surface area contributed by atoms with Crippen molar-refractivity contribution < 1.29 is 23.8 Å². The maximum Gasteiger partial charge on any atom is 0.332 e. The highest BCUT2D eigenvalue weighted by Crippen LogP contribution is 2.45. The van der Waals surface area contributed by atoms with Crippen LogP contribution < -0.4 is 4.74 Å². The fourth-order valence-corrected chi connectivity index (χ4v) is 3.35. The van der Waals surface area contributed by atoms with Gasteiger partial charge >= 0.3 is 7.60 Å². The lowest BCUT2D eigenvalue weighted by molar-refractivity contribution is 0.201. The van der Waals surface area contributed by atoms with Crippen molar-refractivity contribution in [3.63, 3.8) is 0 Å². The first-order chi connectivity index (χ1) is 11.0. The third-order valence-corrected chi connectivity index (χ3v) is 4.64. The van der Waals surface area contributed by atoms with Gasteiger partial charge in [0.15, 0.2) is 0 Å². The minimum Gasteiger partial charge on any atom is -0.491 e. The Labute approximate surface area is 136 Å². The molecule has 1 atom stereocenters. The van der Waals surface area contributed by atoms with Crippen LogP contribution in [0, 0.1) is 0 Å². The summed E-state index contributed by atoms with van der Waals surface area (Å²) in [6.45, 7) is 2.17. The van der Waals surface area contributed by atoms with Crippen molar-refractivity contribution in [2.75, 3.05) is 19.8 Å². The van der Waals surface area contributed by atoms with Gasteiger partial charge in [0.25, 0.3) is 0 Å². The number of benzene rings is 2. The molecule has 0 spiro atoms. The van der Waals surface area contributed by atoms with Crippen molar-refractivity contribution in [2.45, 2.75) is 13.1 Å². The highest BCUT2D eigenvalue weighted by atomic mass is 31.2. The molecule has 0 aromatic heterocycles. The Bertz CT molecular complexity index is 652. The van der Waals surface area contributed by atoms with Crippen LogP contribution in [-0.2, 0) is 15.3 Å². The van der Waals surface area contributed by atoms with Gasteiger partial charge in [-0.05, 0) is 35.7 Å².